The van der Waals surface area contributed by atoms with Crippen LogP contribution in [0.5, 0.6) is 0 Å². The van der Waals surface area contributed by atoms with E-state index in [2.05, 4.69) is 4.98 Å². The number of aromatic amines is 1. The van der Waals surface area contributed by atoms with Gasteiger partial charge in [-0.3, -0.25) is 14.2 Å². The summed E-state index contributed by atoms with van der Waals surface area (Å²) in [7, 11) is 0. The number of thiophene rings is 1. The maximum atomic E-state index is 12.9. The number of fused-ring (bicyclic) bond motifs is 3. The van der Waals surface area contributed by atoms with Crippen molar-refractivity contribution in [2.45, 2.75) is 45.1 Å². The van der Waals surface area contributed by atoms with Gasteiger partial charge in [0.2, 0.25) is 5.91 Å². The molecule has 0 unspecified atom stereocenters. The molecule has 0 spiro atoms. The van der Waals surface area contributed by atoms with Crippen LogP contribution in [0, 0.1) is 4.77 Å². The van der Waals surface area contributed by atoms with E-state index in [-0.39, 0.29) is 12.0 Å². The van der Waals surface area contributed by atoms with Gasteiger partial charge in [-0.15, -0.1) is 11.3 Å². The average molecular weight is 323 g/mol. The van der Waals surface area contributed by atoms with E-state index >= 15 is 0 Å². The number of carbonyl (C=O) groups excluding carboxylic acids is 1. The fraction of sp³-hybridized carbons (Fsp3) is 0.500. The van der Waals surface area contributed by atoms with E-state index in [1.54, 1.807) is 25.2 Å². The molecule has 1 aliphatic carbocycles. The lowest BCUT2D eigenvalue weighted by molar-refractivity contribution is -0.119. The van der Waals surface area contributed by atoms with Gasteiger partial charge in [0, 0.05) is 11.3 Å². The second-order valence-corrected chi connectivity index (χ2v) is 7.58. The van der Waals surface area contributed by atoms with Crippen molar-refractivity contribution in [2.75, 3.05) is 0 Å². The number of aryl methyl sites for hydroxylation is 2. The Kier molecular flexibility index (Phi) is 3.29. The maximum Gasteiger partial charge on any atom is 0.263 e. The molecule has 2 aromatic rings. The first-order chi connectivity index (χ1) is 9.81. The third kappa shape index (κ3) is 2.24. The van der Waals surface area contributed by atoms with Crippen LogP contribution in [0.25, 0.3) is 10.2 Å². The van der Waals surface area contributed by atoms with Gasteiger partial charge in [0.05, 0.1) is 10.9 Å². The predicted octanol–water partition coefficient (Wildman–Crippen LogP) is 2.22. The van der Waals surface area contributed by atoms with E-state index < -0.39 is 11.4 Å². The molecule has 21 heavy (non-hydrogen) atoms. The van der Waals surface area contributed by atoms with Crippen LogP contribution in [-0.2, 0) is 23.2 Å². The van der Waals surface area contributed by atoms with Crippen molar-refractivity contribution in [2.24, 2.45) is 5.73 Å². The Morgan fingerprint density at radius 2 is 2.19 bits per heavy atom. The smallest absolute Gasteiger partial charge is 0.263 e. The summed E-state index contributed by atoms with van der Waals surface area (Å²) >= 11 is 6.96. The molecule has 0 saturated heterocycles. The van der Waals surface area contributed by atoms with Crippen LogP contribution >= 0.6 is 23.6 Å². The molecule has 0 fully saturated rings. The van der Waals surface area contributed by atoms with Gasteiger partial charge in [0.25, 0.3) is 5.56 Å². The molecule has 1 aliphatic rings. The van der Waals surface area contributed by atoms with Crippen molar-refractivity contribution < 1.29 is 4.79 Å². The predicted molar refractivity (Wildman–Crippen MR) is 86.4 cm³/mol. The van der Waals surface area contributed by atoms with Crippen LogP contribution in [0.4, 0.5) is 0 Å². The highest BCUT2D eigenvalue weighted by Gasteiger charge is 2.28. The number of rotatable bonds is 3. The Hall–Kier alpha value is -1.47. The minimum atomic E-state index is -0.738. The SMILES string of the molecule is CC(C)(CC(N)=O)n1c(=S)[nH]c2sc3c(c2c1=O)CCC3. The van der Waals surface area contributed by atoms with E-state index in [4.69, 9.17) is 18.0 Å². The molecule has 3 N–H and O–H groups in total. The van der Waals surface area contributed by atoms with Gasteiger partial charge in [-0.25, -0.2) is 0 Å². The lowest BCUT2D eigenvalue weighted by Gasteiger charge is -2.26. The topological polar surface area (TPSA) is 80.9 Å². The van der Waals surface area contributed by atoms with E-state index in [9.17, 15) is 9.59 Å². The molecule has 0 aliphatic heterocycles. The van der Waals surface area contributed by atoms with Crippen molar-refractivity contribution in [1.82, 2.24) is 9.55 Å². The summed E-state index contributed by atoms with van der Waals surface area (Å²) in [5.41, 5.74) is 5.60. The Morgan fingerprint density at radius 3 is 2.86 bits per heavy atom. The van der Waals surface area contributed by atoms with Gasteiger partial charge >= 0.3 is 0 Å². The molecule has 7 heteroatoms. The fourth-order valence-corrected chi connectivity index (χ4v) is 4.91. The zero-order chi connectivity index (χ0) is 15.4. The Labute approximate surface area is 130 Å². The van der Waals surface area contributed by atoms with Crippen LogP contribution in [0.1, 0.15) is 37.1 Å². The van der Waals surface area contributed by atoms with Gasteiger partial charge in [0.15, 0.2) is 4.77 Å². The number of H-pyrrole nitrogens is 1. The molecule has 2 aromatic heterocycles. The van der Waals surface area contributed by atoms with Gasteiger partial charge in [-0.2, -0.15) is 0 Å². The van der Waals surface area contributed by atoms with Crippen LogP contribution in [-0.4, -0.2) is 15.5 Å². The summed E-state index contributed by atoms with van der Waals surface area (Å²) in [5, 5.41) is 0.735. The van der Waals surface area contributed by atoms with Gasteiger partial charge < -0.3 is 10.7 Å². The van der Waals surface area contributed by atoms with Crippen molar-refractivity contribution in [3.05, 3.63) is 25.6 Å². The zero-order valence-corrected chi connectivity index (χ0v) is 13.6. The molecule has 3 rings (SSSR count). The second-order valence-electron chi connectivity index (χ2n) is 6.09. The summed E-state index contributed by atoms with van der Waals surface area (Å²) in [5.74, 6) is -0.447. The van der Waals surface area contributed by atoms with Crippen molar-refractivity contribution in [3.63, 3.8) is 0 Å². The zero-order valence-electron chi connectivity index (χ0n) is 12.0. The fourth-order valence-electron chi connectivity index (χ4n) is 3.13. The monoisotopic (exact) mass is 323 g/mol. The number of nitrogens with zero attached hydrogens (tertiary/aromatic N) is 1. The lowest BCUT2D eigenvalue weighted by Crippen LogP contribution is -2.40. The standard InChI is InChI=1S/C14H17N3O2S2/c1-14(2,6-9(15)18)17-12(19)10-7-4-3-5-8(7)21-11(10)16-13(17)20/h3-6H2,1-2H3,(H2,15,18)(H,16,20). The molecule has 112 valence electrons. The molecular weight excluding hydrogens is 306 g/mol. The molecule has 0 radical (unpaired) electrons. The number of hydrogen-bond donors (Lipinski definition) is 2. The third-order valence-electron chi connectivity index (χ3n) is 3.97. The van der Waals surface area contributed by atoms with E-state index in [1.807, 2.05) is 0 Å². The van der Waals surface area contributed by atoms with Gasteiger partial charge in [0.1, 0.15) is 4.83 Å². The molecule has 5 nitrogen and oxygen atoms in total. The largest absolute Gasteiger partial charge is 0.370 e. The number of hydrogen-bond acceptors (Lipinski definition) is 4. The molecule has 0 atom stereocenters. The summed E-state index contributed by atoms with van der Waals surface area (Å²) in [6, 6.07) is 0. The number of primary amides is 1. The quantitative estimate of drug-likeness (QED) is 0.850. The first-order valence-corrected chi connectivity index (χ1v) is 8.12. The van der Waals surface area contributed by atoms with E-state index in [0.29, 0.717) is 4.77 Å². The molecule has 0 saturated carbocycles. The summed E-state index contributed by atoms with van der Waals surface area (Å²) in [6.07, 6.45) is 3.13. The Balaban J connectivity index is 2.32. The van der Waals surface area contributed by atoms with Gasteiger partial charge in [-0.1, -0.05) is 0 Å². The maximum absolute atomic E-state index is 12.9. The summed E-state index contributed by atoms with van der Waals surface area (Å²) in [4.78, 5) is 29.5. The lowest BCUT2D eigenvalue weighted by atomic mass is 9.99. The molecule has 2 heterocycles. The number of nitrogens with two attached hydrogens (primary N) is 1. The molecular formula is C14H17N3O2S2. The highest BCUT2D eigenvalue weighted by Crippen LogP contribution is 2.35. The van der Waals surface area contributed by atoms with Crippen molar-refractivity contribution in [1.29, 1.82) is 0 Å². The highest BCUT2D eigenvalue weighted by atomic mass is 32.1. The summed E-state index contributed by atoms with van der Waals surface area (Å²) in [6.45, 7) is 3.61. The van der Waals surface area contributed by atoms with Crippen molar-refractivity contribution in [3.8, 4) is 0 Å². The average Bonchev–Trinajstić information content (AvgIpc) is 2.84. The second kappa shape index (κ2) is 4.78. The normalized spacial score (nSPS) is 14.6. The van der Waals surface area contributed by atoms with E-state index in [0.717, 1.165) is 35.0 Å². The van der Waals surface area contributed by atoms with Crippen LogP contribution < -0.4 is 11.3 Å². The molecule has 0 aromatic carbocycles. The Bertz CT molecular complexity index is 857. The summed E-state index contributed by atoms with van der Waals surface area (Å²) < 4.78 is 1.85. The van der Waals surface area contributed by atoms with Gasteiger partial charge in [-0.05, 0) is 50.9 Å². The van der Waals surface area contributed by atoms with E-state index in [1.165, 1.54) is 9.44 Å². The number of aromatic nitrogens is 2. The van der Waals surface area contributed by atoms with Crippen molar-refractivity contribution >= 4 is 39.7 Å². The number of carbonyl (C=O) groups is 1. The third-order valence-corrected chi connectivity index (χ3v) is 5.47. The van der Waals surface area contributed by atoms with Crippen LogP contribution in [0.2, 0.25) is 0 Å². The Morgan fingerprint density at radius 1 is 1.48 bits per heavy atom. The molecule has 1 amide bonds. The molecule has 0 bridgehead atoms. The first-order valence-electron chi connectivity index (χ1n) is 6.89. The minimum absolute atomic E-state index is 0.0716. The van der Waals surface area contributed by atoms with Crippen LogP contribution in [0.15, 0.2) is 4.79 Å². The number of amides is 1. The first kappa shape index (κ1) is 14.5. The van der Waals surface area contributed by atoms with Crippen LogP contribution in [0.3, 0.4) is 0 Å². The minimum Gasteiger partial charge on any atom is -0.370 e. The highest BCUT2D eigenvalue weighted by molar-refractivity contribution is 7.71. The number of nitrogens with one attached hydrogen (secondary N) is 1.